The molecule has 35 nitrogen and oxygen atoms in total. The number of thiazole rings is 3. The average molecular weight is 1780 g/mol. The molecule has 2 bridgehead atoms. The molecule has 666 valence electrons. The zero-order chi connectivity index (χ0) is 91.0. The standard InChI is InChI=1S/C43H54BN3O10S.2C19H20BN3O8S.C2H4.CH4/c1-40(2,3)54-37(50)30-17-26(22-48)16-27(36(30)52-10)18-29(44-56-34-20-28-19-33(42(28,7)8)43(34,9)57-44)21-32(49)35(47-53-23-25-14-12-11-13-15-25)31-24-58-38(45-31)46-39(51)55-41(4,5)6;2*1-30-15(25)3-2-9-4-10-6-11(20(28)31-17(10)12(5-9)18(26)27)7-14(24)16(23-29)13-8-32-19(21)22-13;1-2;/h11-17,22,24,28-29,33-34H,18-21,23H2,1-10H3,(H,45,46,51);2*4-5,8,11,28-29H,2-3,6-7H2,1H3,(H2,21,22)(H,26,27);1-2H2;1H4/b47-35-;2*23-16-;;/t28-,29+,33-,34?,43-;2*11-;;/m011../s1. The summed E-state index contributed by atoms with van der Waals surface area (Å²) >= 11 is 3.26. The van der Waals surface area contributed by atoms with E-state index in [0.29, 0.717) is 40.0 Å². The van der Waals surface area contributed by atoms with Crippen LogP contribution in [0.25, 0.3) is 0 Å². The van der Waals surface area contributed by atoms with Gasteiger partial charge in [0.05, 0.1) is 33.0 Å². The average Bonchev–Trinajstić information content (AvgIpc) is 1.63. The van der Waals surface area contributed by atoms with E-state index in [-0.39, 0.29) is 185 Å². The molecular weight excluding hydrogens is 1680 g/mol. The van der Waals surface area contributed by atoms with Crippen molar-refractivity contribution in [1.82, 2.24) is 15.0 Å². The maximum absolute atomic E-state index is 14.7. The van der Waals surface area contributed by atoms with Crippen molar-refractivity contribution >= 4 is 147 Å². The summed E-state index contributed by atoms with van der Waals surface area (Å²) in [6.45, 7) is 23.3. The normalized spacial score (nSPS) is 18.7. The number of nitrogen functional groups attached to an aromatic ring is 2. The second-order valence-electron chi connectivity index (χ2n) is 32.4. The quantitative estimate of drug-likeness (QED) is 0.00295. The van der Waals surface area contributed by atoms with Crippen molar-refractivity contribution in [3.63, 3.8) is 0 Å². The predicted molar refractivity (Wildman–Crippen MR) is 467 cm³/mol. The lowest BCUT2D eigenvalue weighted by Gasteiger charge is -2.64. The number of rotatable bonds is 30. The SMILES string of the molecule is C.C=C.COC(=O)CCc1cc2c(c(C(=O)O)c1)OB(O)[C@@H](CC(=O)/C(=N\O)c1csc(N)n1)C2.COC(=O)CCc1cc2c(c(C(=O)O)c1)OB(O)[C@@H](CC(=O)/C(=N\O)c1csc(N)n1)C2.COc1c(C[C@H](CC(=O)/C(=N\OCc2ccccc2)c2csc(NC(=O)OC(C)(C)C)n2)B2OC3C[C@@H]4C[C@@H](C4(C)C)[C@]3(C)O2)cc(C=O)cc1C(=O)OC(C)(C)C. The number of amides is 1. The lowest BCUT2D eigenvalue weighted by atomic mass is 9.43. The van der Waals surface area contributed by atoms with Crippen molar-refractivity contribution in [2.24, 2.45) is 32.7 Å². The number of aromatic carboxylic acids is 2. The van der Waals surface area contributed by atoms with E-state index in [1.54, 1.807) is 65.1 Å². The minimum atomic E-state index is -1.45. The molecule has 0 radical (unpaired) electrons. The molecular formula is C84H102B3N9O26S3. The van der Waals surface area contributed by atoms with Gasteiger partial charge >= 0.3 is 57.3 Å². The summed E-state index contributed by atoms with van der Waals surface area (Å²) in [5, 5.41) is 76.6. The number of carbonyl (C=O) groups is 10. The molecule has 3 aliphatic carbocycles. The van der Waals surface area contributed by atoms with E-state index in [4.69, 9.17) is 49.1 Å². The van der Waals surface area contributed by atoms with Gasteiger partial charge in [-0.3, -0.25) is 34.1 Å². The van der Waals surface area contributed by atoms with Crippen LogP contribution in [0.15, 0.2) is 111 Å². The van der Waals surface area contributed by atoms with Crippen molar-refractivity contribution in [3.05, 3.63) is 169 Å². The summed E-state index contributed by atoms with van der Waals surface area (Å²) < 4.78 is 50.8. The number of aryl methyl sites for hydroxylation is 2. The zero-order valence-corrected chi connectivity index (χ0v) is 72.8. The van der Waals surface area contributed by atoms with Crippen LogP contribution in [0.2, 0.25) is 17.5 Å². The monoisotopic (exact) mass is 1780 g/mol. The Morgan fingerprint density at radius 2 is 1.18 bits per heavy atom. The number of oxime groups is 3. The summed E-state index contributed by atoms with van der Waals surface area (Å²) in [7, 11) is 0.227. The van der Waals surface area contributed by atoms with Crippen molar-refractivity contribution in [1.29, 1.82) is 0 Å². The Bertz CT molecular complexity index is 5050. The molecule has 13 rings (SSSR count). The Hall–Kier alpha value is -11.7. The van der Waals surface area contributed by atoms with Crippen LogP contribution in [0.3, 0.4) is 0 Å². The van der Waals surface area contributed by atoms with Crippen molar-refractivity contribution in [3.8, 4) is 17.2 Å². The van der Waals surface area contributed by atoms with Crippen LogP contribution in [-0.4, -0.2) is 188 Å². The number of methoxy groups -OCH3 is 3. The molecule has 11 N–H and O–H groups in total. The molecule has 1 unspecified atom stereocenters. The maximum atomic E-state index is 14.7. The highest BCUT2D eigenvalue weighted by molar-refractivity contribution is 7.14. The fourth-order valence-corrected chi connectivity index (χ4v) is 17.1. The van der Waals surface area contributed by atoms with E-state index in [2.05, 4.69) is 79.1 Å². The van der Waals surface area contributed by atoms with Crippen LogP contribution in [0.1, 0.15) is 207 Å². The zero-order valence-electron chi connectivity index (χ0n) is 70.4. The number of aldehydes is 1. The number of ether oxygens (including phenoxy) is 5. The Balaban J connectivity index is 0.000000246. The molecule has 0 spiro atoms. The molecule has 3 aromatic heterocycles. The number of carboxylic acids is 2. The van der Waals surface area contributed by atoms with Gasteiger partial charge in [0.25, 0.3) is 0 Å². The fraction of sp³-hybridized carbons (Fsp3) is 0.429. The largest absolute Gasteiger partial charge is 0.535 e. The number of esters is 3. The van der Waals surface area contributed by atoms with Crippen molar-refractivity contribution in [2.45, 2.75) is 194 Å². The molecule has 3 saturated carbocycles. The summed E-state index contributed by atoms with van der Waals surface area (Å²) in [6, 6.07) is 18.6. The molecule has 1 amide bonds. The van der Waals surface area contributed by atoms with Crippen LogP contribution < -0.4 is 30.8 Å². The number of hydrogen-bond donors (Lipinski definition) is 9. The van der Waals surface area contributed by atoms with E-state index in [0.717, 1.165) is 52.4 Å². The molecule has 41 heteroatoms. The molecule has 1 saturated heterocycles. The smallest absolute Gasteiger partial charge is 0.526 e. The molecule has 3 aliphatic heterocycles. The van der Waals surface area contributed by atoms with Gasteiger partial charge in [0.15, 0.2) is 49.9 Å². The van der Waals surface area contributed by atoms with E-state index in [9.17, 15) is 78.6 Å². The molecule has 6 aliphatic rings. The molecule has 4 aromatic carbocycles. The highest BCUT2D eigenvalue weighted by atomic mass is 32.1. The molecule has 6 heterocycles. The third-order valence-corrected chi connectivity index (χ3v) is 23.4. The Morgan fingerprint density at radius 3 is 1.62 bits per heavy atom. The van der Waals surface area contributed by atoms with E-state index in [1.165, 1.54) is 50.3 Å². The van der Waals surface area contributed by atoms with Crippen LogP contribution in [0.5, 0.6) is 17.2 Å². The summed E-state index contributed by atoms with van der Waals surface area (Å²) in [5.74, 6) is -6.77. The fourth-order valence-electron chi connectivity index (χ4n) is 15.4. The second-order valence-corrected chi connectivity index (χ2v) is 35.1. The van der Waals surface area contributed by atoms with Gasteiger partial charge in [0, 0.05) is 71.3 Å². The van der Waals surface area contributed by atoms with E-state index >= 15 is 0 Å². The first-order chi connectivity index (χ1) is 58.7. The van der Waals surface area contributed by atoms with Gasteiger partial charge in [0.2, 0.25) is 0 Å². The van der Waals surface area contributed by atoms with Crippen LogP contribution in [0.4, 0.5) is 20.2 Å². The first kappa shape index (κ1) is 98.7. The Morgan fingerprint density at radius 1 is 0.672 bits per heavy atom. The van der Waals surface area contributed by atoms with Gasteiger partial charge in [-0.1, -0.05) is 79.2 Å². The van der Waals surface area contributed by atoms with Gasteiger partial charge in [-0.15, -0.1) is 47.2 Å². The molecule has 125 heavy (non-hydrogen) atoms. The van der Waals surface area contributed by atoms with Gasteiger partial charge < -0.3 is 89.3 Å². The van der Waals surface area contributed by atoms with Crippen LogP contribution >= 0.6 is 34.0 Å². The Labute approximate surface area is 734 Å². The maximum Gasteiger partial charge on any atom is 0.526 e. The van der Waals surface area contributed by atoms with Crippen LogP contribution in [-0.2, 0) is 95.8 Å². The molecule has 4 fully saturated rings. The minimum Gasteiger partial charge on any atom is -0.535 e. The topological polar surface area (TPSA) is 524 Å². The number of fused-ring (bicyclic) bond motifs is 2. The highest BCUT2D eigenvalue weighted by Gasteiger charge is 2.68. The summed E-state index contributed by atoms with van der Waals surface area (Å²) in [6.07, 6.45) is 2.01. The van der Waals surface area contributed by atoms with Gasteiger partial charge in [-0.05, 0) is 168 Å². The predicted octanol–water partition coefficient (Wildman–Crippen LogP) is 12.2. The first-order valence-electron chi connectivity index (χ1n) is 39.2. The number of aromatic nitrogens is 3. The molecule has 7 aromatic rings. The first-order valence-corrected chi connectivity index (χ1v) is 41.8. The van der Waals surface area contributed by atoms with Crippen molar-refractivity contribution < 1.29 is 126 Å². The lowest BCUT2D eigenvalue weighted by Crippen LogP contribution is -2.65. The third-order valence-electron chi connectivity index (χ3n) is 21.3. The molecule has 7 atom stereocenters. The third kappa shape index (κ3) is 24.9. The highest BCUT2D eigenvalue weighted by Crippen LogP contribution is 2.66. The van der Waals surface area contributed by atoms with Gasteiger partial charge in [-0.25, -0.2) is 34.1 Å². The number of anilines is 3. The number of hydrogen-bond acceptors (Lipinski definition) is 35. The van der Waals surface area contributed by atoms with E-state index < -0.39 is 109 Å². The number of carboxylic acid groups (broad SMARTS) is 2. The number of nitrogens with two attached hydrogens (primary N) is 2. The van der Waals surface area contributed by atoms with Crippen LogP contribution in [0, 0.1) is 17.3 Å². The number of nitrogens with zero attached hydrogens (tertiary/aromatic N) is 6. The number of Topliss-reactive ketones (excluding diaryl/α,β-unsaturated/α-hetero) is 3. The Kier molecular flexibility index (Phi) is 33.8. The van der Waals surface area contributed by atoms with Crippen molar-refractivity contribution in [2.75, 3.05) is 38.1 Å². The number of nitrogens with one attached hydrogen (secondary N) is 1. The number of ketones is 3. The van der Waals surface area contributed by atoms with Gasteiger partial charge in [-0.2, -0.15) is 0 Å². The minimum absolute atomic E-state index is 0. The summed E-state index contributed by atoms with van der Waals surface area (Å²) in [4.78, 5) is 143. The summed E-state index contributed by atoms with van der Waals surface area (Å²) in [5.41, 5.74) is 12.3. The number of carbonyl (C=O) groups excluding carboxylic acids is 8. The second kappa shape index (κ2) is 42.8. The van der Waals surface area contributed by atoms with E-state index in [1.807, 2.05) is 30.3 Å². The van der Waals surface area contributed by atoms with Gasteiger partial charge in [0.1, 0.15) is 75.1 Å². The lowest BCUT2D eigenvalue weighted by molar-refractivity contribution is -0.199. The number of benzene rings is 4.